The molecule has 0 aliphatic heterocycles. The van der Waals surface area contributed by atoms with Crippen LogP contribution in [0.25, 0.3) is 0 Å². The summed E-state index contributed by atoms with van der Waals surface area (Å²) in [6.45, 7) is 1.65. The van der Waals surface area contributed by atoms with E-state index in [1.165, 1.54) is 6.92 Å². The second-order valence-corrected chi connectivity index (χ2v) is 6.00. The summed E-state index contributed by atoms with van der Waals surface area (Å²) in [6, 6.07) is 16.6. The predicted molar refractivity (Wildman–Crippen MR) is 93.5 cm³/mol. The molecule has 0 spiro atoms. The molecule has 2 rings (SSSR count). The van der Waals surface area contributed by atoms with Crippen LogP contribution in [0.2, 0.25) is 0 Å². The maximum atomic E-state index is 11.9. The third-order valence-corrected chi connectivity index (χ3v) is 3.63. The highest BCUT2D eigenvalue weighted by Crippen LogP contribution is 2.17. The standard InChI is InChI=1S/C18H18BrNO4/c1-13(18(22)20-11-14-6-3-2-4-7-14)24-17(21)12-23-16-9-5-8-15(19)10-16/h2-10,13H,11-12H2,1H3,(H,20,22)/t13-/m0/s1. The minimum Gasteiger partial charge on any atom is -0.482 e. The van der Waals surface area contributed by atoms with Crippen molar-refractivity contribution in [2.24, 2.45) is 0 Å². The van der Waals surface area contributed by atoms with E-state index in [9.17, 15) is 9.59 Å². The van der Waals surface area contributed by atoms with E-state index in [4.69, 9.17) is 9.47 Å². The Kier molecular flexibility index (Phi) is 6.81. The van der Waals surface area contributed by atoms with Crippen LogP contribution >= 0.6 is 15.9 Å². The van der Waals surface area contributed by atoms with Crippen LogP contribution in [0, 0.1) is 0 Å². The van der Waals surface area contributed by atoms with Gasteiger partial charge in [0.25, 0.3) is 5.91 Å². The van der Waals surface area contributed by atoms with Gasteiger partial charge in [-0.1, -0.05) is 52.3 Å². The van der Waals surface area contributed by atoms with Gasteiger partial charge in [-0.15, -0.1) is 0 Å². The molecule has 1 amide bonds. The van der Waals surface area contributed by atoms with Gasteiger partial charge >= 0.3 is 5.97 Å². The number of carbonyl (C=O) groups is 2. The van der Waals surface area contributed by atoms with Gasteiger partial charge in [-0.05, 0) is 30.7 Å². The number of hydrogen-bond donors (Lipinski definition) is 1. The highest BCUT2D eigenvalue weighted by atomic mass is 79.9. The first-order valence-corrected chi connectivity index (χ1v) is 8.23. The van der Waals surface area contributed by atoms with Crippen LogP contribution in [-0.4, -0.2) is 24.6 Å². The summed E-state index contributed by atoms with van der Waals surface area (Å²) < 4.78 is 11.2. The Labute approximate surface area is 149 Å². The molecule has 0 saturated carbocycles. The largest absolute Gasteiger partial charge is 0.482 e. The fourth-order valence-corrected chi connectivity index (χ4v) is 2.29. The lowest BCUT2D eigenvalue weighted by atomic mass is 10.2. The van der Waals surface area contributed by atoms with Crippen molar-refractivity contribution in [2.45, 2.75) is 19.6 Å². The van der Waals surface area contributed by atoms with E-state index in [0.29, 0.717) is 12.3 Å². The second-order valence-electron chi connectivity index (χ2n) is 5.08. The van der Waals surface area contributed by atoms with Crippen molar-refractivity contribution in [3.05, 3.63) is 64.6 Å². The van der Waals surface area contributed by atoms with Crippen LogP contribution in [0.1, 0.15) is 12.5 Å². The first-order chi connectivity index (χ1) is 11.5. The van der Waals surface area contributed by atoms with E-state index >= 15 is 0 Å². The number of benzene rings is 2. The van der Waals surface area contributed by atoms with Crippen molar-refractivity contribution in [1.29, 1.82) is 0 Å². The van der Waals surface area contributed by atoms with Crippen molar-refractivity contribution in [3.63, 3.8) is 0 Å². The summed E-state index contributed by atoms with van der Waals surface area (Å²) in [5.74, 6) is -0.408. The first kappa shape index (κ1) is 18.0. The topological polar surface area (TPSA) is 64.6 Å². The summed E-state index contributed by atoms with van der Waals surface area (Å²) in [6.07, 6.45) is -0.882. The predicted octanol–water partition coefficient (Wildman–Crippen LogP) is 3.08. The smallest absolute Gasteiger partial charge is 0.344 e. The lowest BCUT2D eigenvalue weighted by Gasteiger charge is -2.14. The van der Waals surface area contributed by atoms with E-state index in [0.717, 1.165) is 10.0 Å². The molecule has 0 unspecified atom stereocenters. The Morgan fingerprint density at radius 3 is 2.58 bits per heavy atom. The third kappa shape index (κ3) is 6.04. The van der Waals surface area contributed by atoms with E-state index in [2.05, 4.69) is 21.2 Å². The van der Waals surface area contributed by atoms with Crippen molar-refractivity contribution < 1.29 is 19.1 Å². The van der Waals surface area contributed by atoms with Crippen LogP contribution in [-0.2, 0) is 20.9 Å². The van der Waals surface area contributed by atoms with Crippen LogP contribution < -0.4 is 10.1 Å². The fourth-order valence-electron chi connectivity index (χ4n) is 1.91. The fraction of sp³-hybridized carbons (Fsp3) is 0.222. The lowest BCUT2D eigenvalue weighted by molar-refractivity contribution is -0.156. The van der Waals surface area contributed by atoms with Gasteiger partial charge in [0, 0.05) is 11.0 Å². The molecule has 0 aliphatic rings. The van der Waals surface area contributed by atoms with Gasteiger partial charge in [-0.2, -0.15) is 0 Å². The Bertz CT molecular complexity index is 690. The maximum absolute atomic E-state index is 11.9. The Balaban J connectivity index is 1.73. The zero-order valence-electron chi connectivity index (χ0n) is 13.2. The number of halogens is 1. The molecule has 0 fully saturated rings. The average Bonchev–Trinajstić information content (AvgIpc) is 2.59. The Morgan fingerprint density at radius 1 is 1.12 bits per heavy atom. The second kappa shape index (κ2) is 9.08. The van der Waals surface area contributed by atoms with Crippen molar-refractivity contribution >= 4 is 27.8 Å². The molecule has 1 atom stereocenters. The van der Waals surface area contributed by atoms with Gasteiger partial charge in [0.15, 0.2) is 12.7 Å². The molecule has 2 aromatic carbocycles. The molecule has 6 heteroatoms. The van der Waals surface area contributed by atoms with Gasteiger partial charge < -0.3 is 14.8 Å². The van der Waals surface area contributed by atoms with Gasteiger partial charge in [0.2, 0.25) is 0 Å². The minimum absolute atomic E-state index is 0.257. The highest BCUT2D eigenvalue weighted by molar-refractivity contribution is 9.10. The molecule has 0 heterocycles. The number of nitrogens with one attached hydrogen (secondary N) is 1. The average molecular weight is 392 g/mol. The van der Waals surface area contributed by atoms with Crippen LogP contribution in [0.5, 0.6) is 5.75 Å². The zero-order chi connectivity index (χ0) is 17.4. The molecular weight excluding hydrogens is 374 g/mol. The molecule has 1 N–H and O–H groups in total. The van der Waals surface area contributed by atoms with Crippen molar-refractivity contribution in [1.82, 2.24) is 5.32 Å². The molecule has 0 aromatic heterocycles. The molecule has 0 bridgehead atoms. The number of esters is 1. The van der Waals surface area contributed by atoms with Crippen molar-refractivity contribution in [3.8, 4) is 5.75 Å². The number of rotatable bonds is 7. The van der Waals surface area contributed by atoms with Crippen LogP contribution in [0.3, 0.4) is 0 Å². The quantitative estimate of drug-likeness (QED) is 0.736. The summed E-state index contributed by atoms with van der Waals surface area (Å²) in [5, 5.41) is 2.72. The highest BCUT2D eigenvalue weighted by Gasteiger charge is 2.17. The van der Waals surface area contributed by atoms with Gasteiger partial charge in [-0.25, -0.2) is 4.79 Å². The van der Waals surface area contributed by atoms with E-state index in [1.54, 1.807) is 18.2 Å². The lowest BCUT2D eigenvalue weighted by Crippen LogP contribution is -2.36. The van der Waals surface area contributed by atoms with E-state index in [-0.39, 0.29) is 12.5 Å². The number of ether oxygens (including phenoxy) is 2. The van der Waals surface area contributed by atoms with E-state index < -0.39 is 12.1 Å². The third-order valence-electron chi connectivity index (χ3n) is 3.14. The molecule has 0 saturated heterocycles. The van der Waals surface area contributed by atoms with Crippen LogP contribution in [0.15, 0.2) is 59.1 Å². The summed E-state index contributed by atoms with van der Waals surface area (Å²) >= 11 is 3.32. The number of amides is 1. The Hall–Kier alpha value is -2.34. The van der Waals surface area contributed by atoms with E-state index in [1.807, 2.05) is 36.4 Å². The molecule has 0 aliphatic carbocycles. The number of carbonyl (C=O) groups excluding carboxylic acids is 2. The molecule has 2 aromatic rings. The molecule has 5 nitrogen and oxygen atoms in total. The molecular formula is C18H18BrNO4. The van der Waals surface area contributed by atoms with Crippen molar-refractivity contribution in [2.75, 3.05) is 6.61 Å². The van der Waals surface area contributed by atoms with Gasteiger partial charge in [-0.3, -0.25) is 4.79 Å². The summed E-state index contributed by atoms with van der Waals surface area (Å²) in [7, 11) is 0. The summed E-state index contributed by atoms with van der Waals surface area (Å²) in [4.78, 5) is 23.7. The zero-order valence-corrected chi connectivity index (χ0v) is 14.8. The van der Waals surface area contributed by atoms with Gasteiger partial charge in [0.05, 0.1) is 0 Å². The minimum atomic E-state index is -0.882. The maximum Gasteiger partial charge on any atom is 0.344 e. The SMILES string of the molecule is C[C@H](OC(=O)COc1cccc(Br)c1)C(=O)NCc1ccccc1. The first-order valence-electron chi connectivity index (χ1n) is 7.44. The molecule has 0 radical (unpaired) electrons. The van der Waals surface area contributed by atoms with Crippen LogP contribution in [0.4, 0.5) is 0 Å². The van der Waals surface area contributed by atoms with Gasteiger partial charge in [0.1, 0.15) is 5.75 Å². The Morgan fingerprint density at radius 2 is 1.88 bits per heavy atom. The molecule has 126 valence electrons. The normalized spacial score (nSPS) is 11.4. The number of hydrogen-bond acceptors (Lipinski definition) is 4. The monoisotopic (exact) mass is 391 g/mol. The molecule has 24 heavy (non-hydrogen) atoms. The summed E-state index contributed by atoms with van der Waals surface area (Å²) in [5.41, 5.74) is 0.974.